The molecule has 0 saturated carbocycles. The van der Waals surface area contributed by atoms with E-state index < -0.39 is 0 Å². The SMILES string of the molecule is CON1CCC(CC(=O)N2Cc3ccccc3CC2c2nnc(C)o2)CC1. The number of hydrogen-bond acceptors (Lipinski definition) is 6. The number of rotatable bonds is 4. The summed E-state index contributed by atoms with van der Waals surface area (Å²) in [5.74, 6) is 1.63. The molecule has 4 rings (SSSR count). The highest BCUT2D eigenvalue weighted by Crippen LogP contribution is 2.34. The van der Waals surface area contributed by atoms with E-state index in [1.165, 1.54) is 11.1 Å². The first-order chi connectivity index (χ1) is 13.1. The zero-order valence-electron chi connectivity index (χ0n) is 15.9. The third-order valence-corrected chi connectivity index (χ3v) is 5.69. The van der Waals surface area contributed by atoms with Gasteiger partial charge in [-0.1, -0.05) is 24.3 Å². The Hall–Kier alpha value is -2.25. The fourth-order valence-corrected chi connectivity index (χ4v) is 4.11. The van der Waals surface area contributed by atoms with Crippen LogP contribution in [-0.2, 0) is 22.6 Å². The number of fused-ring (bicyclic) bond motifs is 1. The van der Waals surface area contributed by atoms with Gasteiger partial charge in [-0.05, 0) is 29.9 Å². The van der Waals surface area contributed by atoms with Crippen LogP contribution < -0.4 is 0 Å². The molecule has 2 aromatic rings. The van der Waals surface area contributed by atoms with Gasteiger partial charge >= 0.3 is 0 Å². The smallest absolute Gasteiger partial charge is 0.239 e. The summed E-state index contributed by atoms with van der Waals surface area (Å²) in [6.07, 6.45) is 3.23. The summed E-state index contributed by atoms with van der Waals surface area (Å²) in [6, 6.07) is 8.10. The summed E-state index contributed by atoms with van der Waals surface area (Å²) in [6.45, 7) is 4.13. The highest BCUT2D eigenvalue weighted by Gasteiger charge is 2.35. The number of piperidine rings is 1. The van der Waals surface area contributed by atoms with Gasteiger partial charge in [-0.15, -0.1) is 10.2 Å². The second-order valence-electron chi connectivity index (χ2n) is 7.43. The molecule has 1 aromatic carbocycles. The van der Waals surface area contributed by atoms with E-state index in [1.807, 2.05) is 22.1 Å². The lowest BCUT2D eigenvalue weighted by Crippen LogP contribution is -2.41. The number of amides is 1. The van der Waals surface area contributed by atoms with Gasteiger partial charge in [0.1, 0.15) is 6.04 Å². The van der Waals surface area contributed by atoms with Gasteiger partial charge in [0, 0.05) is 39.4 Å². The van der Waals surface area contributed by atoms with Gasteiger partial charge in [0.15, 0.2) is 0 Å². The Bertz CT molecular complexity index is 798. The first-order valence-corrected chi connectivity index (χ1v) is 9.59. The topological polar surface area (TPSA) is 71.7 Å². The van der Waals surface area contributed by atoms with Crippen molar-refractivity contribution >= 4 is 5.91 Å². The average Bonchev–Trinajstić information content (AvgIpc) is 3.13. The molecule has 1 unspecified atom stereocenters. The monoisotopic (exact) mass is 370 g/mol. The molecule has 1 fully saturated rings. The molecule has 1 aromatic heterocycles. The number of nitrogens with zero attached hydrogens (tertiary/aromatic N) is 4. The first-order valence-electron chi connectivity index (χ1n) is 9.59. The molecule has 2 aliphatic heterocycles. The van der Waals surface area contributed by atoms with Crippen LogP contribution in [0.15, 0.2) is 28.7 Å². The van der Waals surface area contributed by atoms with Crippen LogP contribution in [0.4, 0.5) is 0 Å². The van der Waals surface area contributed by atoms with Crippen LogP contribution in [0.1, 0.15) is 48.2 Å². The maximum atomic E-state index is 13.2. The van der Waals surface area contributed by atoms with Crippen LogP contribution in [0.5, 0.6) is 0 Å². The Balaban J connectivity index is 1.52. The maximum Gasteiger partial charge on any atom is 0.239 e. The lowest BCUT2D eigenvalue weighted by molar-refractivity contribution is -0.152. The number of carbonyl (C=O) groups is 1. The number of carbonyl (C=O) groups excluding carboxylic acids is 1. The molecule has 0 radical (unpaired) electrons. The summed E-state index contributed by atoms with van der Waals surface area (Å²) in [5.41, 5.74) is 2.45. The molecule has 2 aliphatic rings. The Morgan fingerprint density at radius 3 is 2.63 bits per heavy atom. The standard InChI is InChI=1S/C20H26N4O3/c1-14-21-22-20(27-14)18-12-16-5-3-4-6-17(16)13-24(18)19(25)11-15-7-9-23(26-2)10-8-15/h3-6,15,18H,7-13H2,1-2H3. The predicted molar refractivity (Wildman–Crippen MR) is 98.4 cm³/mol. The minimum absolute atomic E-state index is 0.168. The molecule has 27 heavy (non-hydrogen) atoms. The van der Waals surface area contributed by atoms with E-state index in [9.17, 15) is 4.79 Å². The van der Waals surface area contributed by atoms with Crippen LogP contribution >= 0.6 is 0 Å². The van der Waals surface area contributed by atoms with Crippen molar-refractivity contribution in [3.8, 4) is 0 Å². The Morgan fingerprint density at radius 1 is 1.22 bits per heavy atom. The predicted octanol–water partition coefficient (Wildman–Crippen LogP) is 2.67. The fraction of sp³-hybridized carbons (Fsp3) is 0.550. The molecule has 1 atom stereocenters. The van der Waals surface area contributed by atoms with Gasteiger partial charge in [0.25, 0.3) is 0 Å². The van der Waals surface area contributed by atoms with Gasteiger partial charge in [-0.3, -0.25) is 4.79 Å². The third kappa shape index (κ3) is 3.89. The molecule has 1 amide bonds. The Labute approximate surface area is 159 Å². The quantitative estimate of drug-likeness (QED) is 0.824. The van der Waals surface area contributed by atoms with E-state index in [2.05, 4.69) is 22.3 Å². The molecule has 0 aliphatic carbocycles. The van der Waals surface area contributed by atoms with Gasteiger partial charge in [-0.2, -0.15) is 5.06 Å². The highest BCUT2D eigenvalue weighted by molar-refractivity contribution is 5.77. The molecular formula is C20H26N4O3. The normalized spacial score (nSPS) is 21.3. The number of hydrogen-bond donors (Lipinski definition) is 0. The molecule has 0 N–H and O–H groups in total. The van der Waals surface area contributed by atoms with Crippen molar-refractivity contribution in [2.75, 3.05) is 20.2 Å². The second-order valence-corrected chi connectivity index (χ2v) is 7.43. The Kier molecular flexibility index (Phi) is 5.22. The van der Waals surface area contributed by atoms with Gasteiger partial charge in [0.2, 0.25) is 17.7 Å². The van der Waals surface area contributed by atoms with Crippen molar-refractivity contribution in [2.24, 2.45) is 5.92 Å². The minimum atomic E-state index is -0.187. The molecular weight excluding hydrogens is 344 g/mol. The average molecular weight is 370 g/mol. The van der Waals surface area contributed by atoms with E-state index >= 15 is 0 Å². The first kappa shape index (κ1) is 18.1. The van der Waals surface area contributed by atoms with E-state index in [0.717, 1.165) is 25.9 Å². The molecule has 7 nitrogen and oxygen atoms in total. The highest BCUT2D eigenvalue weighted by atomic mass is 16.7. The number of aryl methyl sites for hydroxylation is 1. The molecule has 144 valence electrons. The van der Waals surface area contributed by atoms with Crippen molar-refractivity contribution in [1.82, 2.24) is 20.2 Å². The van der Waals surface area contributed by atoms with Crippen LogP contribution in [-0.4, -0.2) is 46.3 Å². The fourth-order valence-electron chi connectivity index (χ4n) is 4.11. The zero-order valence-corrected chi connectivity index (χ0v) is 15.9. The van der Waals surface area contributed by atoms with Crippen molar-refractivity contribution in [3.63, 3.8) is 0 Å². The van der Waals surface area contributed by atoms with Crippen molar-refractivity contribution in [1.29, 1.82) is 0 Å². The summed E-state index contributed by atoms with van der Waals surface area (Å²) < 4.78 is 5.70. The van der Waals surface area contributed by atoms with E-state index in [4.69, 9.17) is 9.25 Å². The van der Waals surface area contributed by atoms with Crippen molar-refractivity contribution in [2.45, 2.75) is 45.2 Å². The largest absolute Gasteiger partial charge is 0.423 e. The van der Waals surface area contributed by atoms with Gasteiger partial charge in [0.05, 0.1) is 7.11 Å². The summed E-state index contributed by atoms with van der Waals surface area (Å²) >= 11 is 0. The third-order valence-electron chi connectivity index (χ3n) is 5.69. The van der Waals surface area contributed by atoms with E-state index in [0.29, 0.717) is 37.1 Å². The molecule has 7 heteroatoms. The summed E-state index contributed by atoms with van der Waals surface area (Å²) in [4.78, 5) is 20.4. The van der Waals surface area contributed by atoms with Crippen LogP contribution in [0.25, 0.3) is 0 Å². The maximum absolute atomic E-state index is 13.2. The molecule has 1 saturated heterocycles. The molecule has 3 heterocycles. The van der Waals surface area contributed by atoms with Crippen molar-refractivity contribution in [3.05, 3.63) is 47.2 Å². The zero-order chi connectivity index (χ0) is 18.8. The van der Waals surface area contributed by atoms with Crippen molar-refractivity contribution < 1.29 is 14.0 Å². The molecule has 0 bridgehead atoms. The second kappa shape index (κ2) is 7.78. The Morgan fingerprint density at radius 2 is 1.96 bits per heavy atom. The number of hydroxylamine groups is 2. The molecule has 0 spiro atoms. The van der Waals surface area contributed by atoms with Crippen LogP contribution in [0.2, 0.25) is 0 Å². The van der Waals surface area contributed by atoms with Gasteiger partial charge < -0.3 is 14.2 Å². The summed E-state index contributed by atoms with van der Waals surface area (Å²) in [7, 11) is 1.70. The minimum Gasteiger partial charge on any atom is -0.423 e. The van der Waals surface area contributed by atoms with Gasteiger partial charge in [-0.25, -0.2) is 0 Å². The van der Waals surface area contributed by atoms with E-state index in [1.54, 1.807) is 14.0 Å². The summed E-state index contributed by atoms with van der Waals surface area (Å²) in [5, 5.41) is 10.1. The van der Waals surface area contributed by atoms with Crippen LogP contribution in [0.3, 0.4) is 0 Å². The lowest BCUT2D eigenvalue weighted by atomic mass is 9.90. The van der Waals surface area contributed by atoms with Crippen LogP contribution in [0, 0.1) is 12.8 Å². The van der Waals surface area contributed by atoms with E-state index in [-0.39, 0.29) is 11.9 Å². The number of benzene rings is 1. The lowest BCUT2D eigenvalue weighted by Gasteiger charge is -2.37. The number of aromatic nitrogens is 2.